The molecule has 0 bridgehead atoms. The molecular formula is C15H20N6. The molecule has 0 unspecified atom stereocenters. The molecule has 3 rings (SSSR count). The van der Waals surface area contributed by atoms with Gasteiger partial charge in [-0.3, -0.25) is 0 Å². The van der Waals surface area contributed by atoms with Crippen molar-refractivity contribution in [1.29, 1.82) is 0 Å². The number of para-hydroxylation sites is 2. The summed E-state index contributed by atoms with van der Waals surface area (Å²) in [5.41, 5.74) is 7.82. The van der Waals surface area contributed by atoms with Crippen LogP contribution in [0.1, 0.15) is 31.5 Å². The van der Waals surface area contributed by atoms with Gasteiger partial charge in [0, 0.05) is 12.5 Å². The van der Waals surface area contributed by atoms with Crippen molar-refractivity contribution in [2.24, 2.45) is 5.73 Å². The minimum atomic E-state index is 0.287. The van der Waals surface area contributed by atoms with E-state index < -0.39 is 0 Å². The quantitative estimate of drug-likeness (QED) is 0.774. The molecule has 0 fully saturated rings. The van der Waals surface area contributed by atoms with E-state index in [0.717, 1.165) is 29.1 Å². The van der Waals surface area contributed by atoms with Gasteiger partial charge in [0.15, 0.2) is 0 Å². The van der Waals surface area contributed by atoms with E-state index in [4.69, 9.17) is 5.73 Å². The van der Waals surface area contributed by atoms with Crippen LogP contribution in [0.4, 0.5) is 0 Å². The van der Waals surface area contributed by atoms with Gasteiger partial charge in [0.05, 0.1) is 17.6 Å². The van der Waals surface area contributed by atoms with Gasteiger partial charge >= 0.3 is 0 Å². The molecule has 0 spiro atoms. The van der Waals surface area contributed by atoms with E-state index in [0.29, 0.717) is 13.1 Å². The molecule has 0 aliphatic heterocycles. The van der Waals surface area contributed by atoms with Crippen molar-refractivity contribution in [3.8, 4) is 0 Å². The van der Waals surface area contributed by atoms with Crippen molar-refractivity contribution in [2.45, 2.75) is 32.9 Å². The highest BCUT2D eigenvalue weighted by atomic mass is 15.4. The van der Waals surface area contributed by atoms with Gasteiger partial charge in [-0.1, -0.05) is 12.1 Å². The van der Waals surface area contributed by atoms with Crippen molar-refractivity contribution in [1.82, 2.24) is 24.3 Å². The van der Waals surface area contributed by atoms with Crippen LogP contribution in [0.5, 0.6) is 0 Å². The summed E-state index contributed by atoms with van der Waals surface area (Å²) in [7, 11) is 0. The highest BCUT2D eigenvalue weighted by molar-refractivity contribution is 5.76. The van der Waals surface area contributed by atoms with Crippen molar-refractivity contribution >= 4 is 11.0 Å². The number of rotatable bonds is 5. The summed E-state index contributed by atoms with van der Waals surface area (Å²) in [6.45, 7) is 5.45. The lowest BCUT2D eigenvalue weighted by Crippen LogP contribution is -2.15. The van der Waals surface area contributed by atoms with Crippen LogP contribution in [0.15, 0.2) is 30.6 Å². The summed E-state index contributed by atoms with van der Waals surface area (Å²) in [6, 6.07) is 8.43. The molecule has 0 aliphatic carbocycles. The first-order valence-corrected chi connectivity index (χ1v) is 7.23. The van der Waals surface area contributed by atoms with Crippen LogP contribution in [-0.2, 0) is 13.0 Å². The number of benzene rings is 1. The van der Waals surface area contributed by atoms with Crippen LogP contribution >= 0.6 is 0 Å². The zero-order valence-electron chi connectivity index (χ0n) is 12.4. The first kappa shape index (κ1) is 13.8. The summed E-state index contributed by atoms with van der Waals surface area (Å²) in [4.78, 5) is 9.08. The van der Waals surface area contributed by atoms with E-state index in [2.05, 4.69) is 39.5 Å². The standard InChI is InChI=1S/C15H20N6/c1-11(2)21-15(17-10-18-21)9-20-13-6-4-3-5-12(13)19-14(20)7-8-16/h3-6,10-11H,7-9,16H2,1-2H3. The van der Waals surface area contributed by atoms with Gasteiger partial charge in [0.2, 0.25) is 0 Å². The second-order valence-electron chi connectivity index (χ2n) is 5.36. The van der Waals surface area contributed by atoms with Crippen LogP contribution in [0.2, 0.25) is 0 Å². The molecule has 1 aromatic carbocycles. The lowest BCUT2D eigenvalue weighted by atomic mass is 10.3. The second-order valence-corrected chi connectivity index (χ2v) is 5.36. The van der Waals surface area contributed by atoms with Crippen molar-refractivity contribution in [2.75, 3.05) is 6.54 Å². The fraction of sp³-hybridized carbons (Fsp3) is 0.400. The molecule has 3 aromatic rings. The maximum Gasteiger partial charge on any atom is 0.147 e. The van der Waals surface area contributed by atoms with Gasteiger partial charge in [0.25, 0.3) is 0 Å². The fourth-order valence-electron chi connectivity index (χ4n) is 2.58. The monoisotopic (exact) mass is 284 g/mol. The minimum Gasteiger partial charge on any atom is -0.330 e. The number of hydrogen-bond donors (Lipinski definition) is 1. The van der Waals surface area contributed by atoms with Crippen LogP contribution in [0, 0.1) is 0 Å². The van der Waals surface area contributed by atoms with E-state index in [1.165, 1.54) is 0 Å². The molecule has 0 atom stereocenters. The molecule has 2 heterocycles. The van der Waals surface area contributed by atoms with Crippen molar-refractivity contribution in [3.63, 3.8) is 0 Å². The van der Waals surface area contributed by atoms with E-state index in [-0.39, 0.29) is 6.04 Å². The maximum atomic E-state index is 5.72. The number of nitrogens with two attached hydrogens (primary N) is 1. The predicted molar refractivity (Wildman–Crippen MR) is 82.0 cm³/mol. The Morgan fingerprint density at radius 2 is 2.00 bits per heavy atom. The molecule has 6 nitrogen and oxygen atoms in total. The summed E-state index contributed by atoms with van der Waals surface area (Å²) in [5.74, 6) is 1.93. The van der Waals surface area contributed by atoms with Crippen molar-refractivity contribution < 1.29 is 0 Å². The zero-order valence-corrected chi connectivity index (χ0v) is 12.4. The molecule has 110 valence electrons. The van der Waals surface area contributed by atoms with Crippen LogP contribution in [-0.4, -0.2) is 30.9 Å². The average Bonchev–Trinajstić information content (AvgIpc) is 3.06. The Labute approximate surface area is 123 Å². The zero-order chi connectivity index (χ0) is 14.8. The van der Waals surface area contributed by atoms with Crippen LogP contribution in [0.25, 0.3) is 11.0 Å². The van der Waals surface area contributed by atoms with Gasteiger partial charge in [0.1, 0.15) is 18.0 Å². The number of hydrogen-bond acceptors (Lipinski definition) is 4. The molecular weight excluding hydrogens is 264 g/mol. The van der Waals surface area contributed by atoms with Crippen molar-refractivity contribution in [3.05, 3.63) is 42.2 Å². The molecule has 0 saturated carbocycles. The first-order valence-electron chi connectivity index (χ1n) is 7.23. The molecule has 0 saturated heterocycles. The number of nitrogens with zero attached hydrogens (tertiary/aromatic N) is 5. The highest BCUT2D eigenvalue weighted by Crippen LogP contribution is 2.18. The van der Waals surface area contributed by atoms with Gasteiger partial charge in [-0.05, 0) is 32.5 Å². The lowest BCUT2D eigenvalue weighted by Gasteiger charge is -2.12. The molecule has 0 amide bonds. The summed E-state index contributed by atoms with van der Waals surface area (Å²) in [5, 5.41) is 4.30. The normalized spacial score (nSPS) is 11.6. The van der Waals surface area contributed by atoms with Gasteiger partial charge in [-0.25, -0.2) is 14.6 Å². The summed E-state index contributed by atoms with van der Waals surface area (Å²) < 4.78 is 4.13. The molecule has 0 radical (unpaired) electrons. The Balaban J connectivity index is 2.06. The number of fused-ring (bicyclic) bond motifs is 1. The first-order chi connectivity index (χ1) is 10.2. The SMILES string of the molecule is CC(C)n1ncnc1Cn1c(CCN)nc2ccccc21. The third-order valence-electron chi connectivity index (χ3n) is 3.54. The molecule has 21 heavy (non-hydrogen) atoms. The molecule has 2 N–H and O–H groups in total. The van der Waals surface area contributed by atoms with Gasteiger partial charge in [-0.15, -0.1) is 0 Å². The summed E-state index contributed by atoms with van der Waals surface area (Å²) >= 11 is 0. The van der Waals surface area contributed by atoms with E-state index >= 15 is 0 Å². The highest BCUT2D eigenvalue weighted by Gasteiger charge is 2.14. The minimum absolute atomic E-state index is 0.287. The van der Waals surface area contributed by atoms with Gasteiger partial charge < -0.3 is 10.3 Å². The van der Waals surface area contributed by atoms with Crippen LogP contribution < -0.4 is 5.73 Å². The van der Waals surface area contributed by atoms with E-state index in [1.807, 2.05) is 22.9 Å². The fourth-order valence-corrected chi connectivity index (χ4v) is 2.58. The number of imidazole rings is 1. The second kappa shape index (κ2) is 5.65. The largest absolute Gasteiger partial charge is 0.330 e. The lowest BCUT2D eigenvalue weighted by molar-refractivity contribution is 0.495. The predicted octanol–water partition coefficient (Wildman–Crippen LogP) is 1.76. The van der Waals surface area contributed by atoms with E-state index in [1.54, 1.807) is 6.33 Å². The average molecular weight is 284 g/mol. The Kier molecular flexibility index (Phi) is 3.70. The maximum absolute atomic E-state index is 5.72. The molecule has 2 aromatic heterocycles. The van der Waals surface area contributed by atoms with Crippen LogP contribution in [0.3, 0.4) is 0 Å². The Bertz CT molecular complexity index is 740. The Morgan fingerprint density at radius 3 is 2.76 bits per heavy atom. The van der Waals surface area contributed by atoms with E-state index in [9.17, 15) is 0 Å². The molecule has 0 aliphatic rings. The number of aromatic nitrogens is 5. The topological polar surface area (TPSA) is 74.5 Å². The third-order valence-corrected chi connectivity index (χ3v) is 3.54. The summed E-state index contributed by atoms with van der Waals surface area (Å²) in [6.07, 6.45) is 2.36. The smallest absolute Gasteiger partial charge is 0.147 e. The van der Waals surface area contributed by atoms with Gasteiger partial charge in [-0.2, -0.15) is 5.10 Å². The molecule has 6 heteroatoms. The Morgan fingerprint density at radius 1 is 1.19 bits per heavy atom. The Hall–Kier alpha value is -2.21. The third kappa shape index (κ3) is 2.54.